The van der Waals surface area contributed by atoms with Crippen molar-refractivity contribution in [2.24, 2.45) is 5.92 Å². The average molecular weight is 239 g/mol. The van der Waals surface area contributed by atoms with Gasteiger partial charge in [0.2, 0.25) is 0 Å². The summed E-state index contributed by atoms with van der Waals surface area (Å²) in [6.07, 6.45) is 11.7. The lowest BCUT2D eigenvalue weighted by Crippen LogP contribution is -2.08. The first kappa shape index (κ1) is 8.82. The quantitative estimate of drug-likeness (QED) is 0.682. The van der Waals surface area contributed by atoms with Crippen molar-refractivity contribution >= 4 is 15.9 Å². The van der Waals surface area contributed by atoms with Gasteiger partial charge in [-0.05, 0) is 34.0 Å². The molecule has 0 N–H and O–H groups in total. The van der Waals surface area contributed by atoms with Crippen LogP contribution in [0.25, 0.3) is 0 Å². The Morgan fingerprint density at radius 3 is 3.08 bits per heavy atom. The molecule has 0 saturated carbocycles. The lowest BCUT2D eigenvalue weighted by Gasteiger charge is -2.23. The minimum atomic E-state index is 0.526. The summed E-state index contributed by atoms with van der Waals surface area (Å²) in [6, 6.07) is 0. The van der Waals surface area contributed by atoms with E-state index in [2.05, 4.69) is 46.3 Å². The molecule has 1 nitrogen and oxygen atoms in total. The minimum Gasteiger partial charge on any atom is -0.496 e. The van der Waals surface area contributed by atoms with E-state index in [1.807, 2.05) is 0 Å². The maximum absolute atomic E-state index is 5.25. The standard InChI is InChI=1S/C11H11BrO/c1-13-10-7-6-8-4-2-3-5-9(8)11(10)12/h2-5,7-8H,6H2,1H3. The molecule has 0 aromatic rings. The van der Waals surface area contributed by atoms with Crippen LogP contribution < -0.4 is 0 Å². The molecule has 0 fully saturated rings. The Hall–Kier alpha value is -0.760. The predicted octanol–water partition coefficient (Wildman–Crippen LogP) is 3.31. The van der Waals surface area contributed by atoms with Crippen LogP contribution in [0.1, 0.15) is 6.42 Å². The maximum Gasteiger partial charge on any atom is 0.129 e. The van der Waals surface area contributed by atoms with Gasteiger partial charge in [0.15, 0.2) is 0 Å². The summed E-state index contributed by atoms with van der Waals surface area (Å²) < 4.78 is 6.34. The first-order chi connectivity index (χ1) is 6.33. The molecule has 2 aliphatic rings. The van der Waals surface area contributed by atoms with Gasteiger partial charge >= 0.3 is 0 Å². The maximum atomic E-state index is 5.25. The molecule has 68 valence electrons. The van der Waals surface area contributed by atoms with Crippen molar-refractivity contribution < 1.29 is 4.74 Å². The zero-order valence-corrected chi connectivity index (χ0v) is 9.04. The Morgan fingerprint density at radius 2 is 2.31 bits per heavy atom. The molecule has 0 bridgehead atoms. The van der Waals surface area contributed by atoms with Crippen LogP contribution >= 0.6 is 15.9 Å². The van der Waals surface area contributed by atoms with Gasteiger partial charge in [0.05, 0.1) is 11.6 Å². The highest BCUT2D eigenvalue weighted by atomic mass is 79.9. The van der Waals surface area contributed by atoms with Crippen molar-refractivity contribution in [1.82, 2.24) is 0 Å². The molecular formula is C11H11BrO. The number of hydrogen-bond donors (Lipinski definition) is 0. The second-order valence-electron chi connectivity index (χ2n) is 3.13. The highest BCUT2D eigenvalue weighted by Crippen LogP contribution is 2.36. The van der Waals surface area contributed by atoms with E-state index in [9.17, 15) is 0 Å². The first-order valence-electron chi connectivity index (χ1n) is 4.32. The highest BCUT2D eigenvalue weighted by molar-refractivity contribution is 9.12. The van der Waals surface area contributed by atoms with Gasteiger partial charge in [0, 0.05) is 5.92 Å². The summed E-state index contributed by atoms with van der Waals surface area (Å²) in [5.41, 5.74) is 1.32. The Morgan fingerprint density at radius 1 is 1.46 bits per heavy atom. The van der Waals surface area contributed by atoms with Crippen molar-refractivity contribution in [3.05, 3.63) is 46.2 Å². The Labute approximate surface area is 86.6 Å². The van der Waals surface area contributed by atoms with E-state index in [4.69, 9.17) is 4.74 Å². The second-order valence-corrected chi connectivity index (χ2v) is 3.92. The third kappa shape index (κ3) is 1.51. The SMILES string of the molecule is COC1=CCC2C=CC=CC2=C1Br. The van der Waals surface area contributed by atoms with Gasteiger partial charge in [-0.2, -0.15) is 0 Å². The summed E-state index contributed by atoms with van der Waals surface area (Å²) in [6.45, 7) is 0. The van der Waals surface area contributed by atoms with Crippen molar-refractivity contribution in [2.45, 2.75) is 6.42 Å². The van der Waals surface area contributed by atoms with E-state index in [-0.39, 0.29) is 0 Å². The Kier molecular flexibility index (Phi) is 2.40. The normalized spacial score (nSPS) is 25.7. The van der Waals surface area contributed by atoms with Crippen molar-refractivity contribution in [3.8, 4) is 0 Å². The molecule has 0 aromatic heterocycles. The molecule has 0 saturated heterocycles. The van der Waals surface area contributed by atoms with E-state index in [1.54, 1.807) is 7.11 Å². The lowest BCUT2D eigenvalue weighted by molar-refractivity contribution is 0.300. The number of methoxy groups -OCH3 is 1. The average Bonchev–Trinajstić information content (AvgIpc) is 2.19. The molecular weight excluding hydrogens is 228 g/mol. The molecule has 2 heteroatoms. The zero-order chi connectivity index (χ0) is 9.26. The minimum absolute atomic E-state index is 0.526. The van der Waals surface area contributed by atoms with Crippen LogP contribution in [0.5, 0.6) is 0 Å². The van der Waals surface area contributed by atoms with Crippen molar-refractivity contribution in [3.63, 3.8) is 0 Å². The van der Waals surface area contributed by atoms with Gasteiger partial charge < -0.3 is 4.74 Å². The zero-order valence-electron chi connectivity index (χ0n) is 7.46. The fourth-order valence-electron chi connectivity index (χ4n) is 1.67. The van der Waals surface area contributed by atoms with Gasteiger partial charge in [-0.15, -0.1) is 0 Å². The monoisotopic (exact) mass is 238 g/mol. The fraction of sp³-hybridized carbons (Fsp3) is 0.273. The number of ether oxygens (including phenoxy) is 1. The summed E-state index contributed by atoms with van der Waals surface area (Å²) in [5, 5.41) is 0. The van der Waals surface area contributed by atoms with Crippen LogP contribution in [0.2, 0.25) is 0 Å². The van der Waals surface area contributed by atoms with Crippen molar-refractivity contribution in [1.29, 1.82) is 0 Å². The number of fused-ring (bicyclic) bond motifs is 1. The van der Waals surface area contributed by atoms with Crippen molar-refractivity contribution in [2.75, 3.05) is 7.11 Å². The molecule has 0 amide bonds. The van der Waals surface area contributed by atoms with E-state index in [1.165, 1.54) is 5.57 Å². The van der Waals surface area contributed by atoms with Crippen LogP contribution in [0, 0.1) is 5.92 Å². The molecule has 13 heavy (non-hydrogen) atoms. The van der Waals surface area contributed by atoms with Crippen LogP contribution in [0.4, 0.5) is 0 Å². The van der Waals surface area contributed by atoms with Gasteiger partial charge in [0.25, 0.3) is 0 Å². The van der Waals surface area contributed by atoms with E-state index < -0.39 is 0 Å². The summed E-state index contributed by atoms with van der Waals surface area (Å²) in [5.74, 6) is 1.48. The van der Waals surface area contributed by atoms with E-state index in [0.717, 1.165) is 16.7 Å². The molecule has 1 atom stereocenters. The number of halogens is 1. The van der Waals surface area contributed by atoms with Gasteiger partial charge in [0.1, 0.15) is 5.76 Å². The smallest absolute Gasteiger partial charge is 0.129 e. The van der Waals surface area contributed by atoms with Gasteiger partial charge in [-0.1, -0.05) is 24.3 Å². The number of rotatable bonds is 1. The Bertz CT molecular complexity index is 334. The summed E-state index contributed by atoms with van der Waals surface area (Å²) in [7, 11) is 1.70. The predicted molar refractivity (Wildman–Crippen MR) is 57.4 cm³/mol. The first-order valence-corrected chi connectivity index (χ1v) is 5.11. The molecule has 2 aliphatic carbocycles. The Balaban J connectivity index is 2.39. The van der Waals surface area contributed by atoms with Gasteiger partial charge in [-0.3, -0.25) is 0 Å². The molecule has 0 heterocycles. The summed E-state index contributed by atoms with van der Waals surface area (Å²) >= 11 is 3.56. The third-order valence-electron chi connectivity index (χ3n) is 2.38. The topological polar surface area (TPSA) is 9.23 Å². The molecule has 1 unspecified atom stereocenters. The van der Waals surface area contributed by atoms with Crippen LogP contribution in [0.15, 0.2) is 46.2 Å². The van der Waals surface area contributed by atoms with Crippen LogP contribution in [-0.4, -0.2) is 7.11 Å². The van der Waals surface area contributed by atoms with E-state index >= 15 is 0 Å². The van der Waals surface area contributed by atoms with Gasteiger partial charge in [-0.25, -0.2) is 0 Å². The molecule has 0 spiro atoms. The number of allylic oxidation sites excluding steroid dienone is 7. The molecule has 0 radical (unpaired) electrons. The fourth-order valence-corrected chi connectivity index (χ4v) is 2.41. The molecule has 0 aliphatic heterocycles. The molecule has 2 rings (SSSR count). The lowest BCUT2D eigenvalue weighted by atomic mass is 9.88. The van der Waals surface area contributed by atoms with Crippen LogP contribution in [-0.2, 0) is 4.74 Å². The number of hydrogen-bond acceptors (Lipinski definition) is 1. The largest absolute Gasteiger partial charge is 0.496 e. The third-order valence-corrected chi connectivity index (χ3v) is 3.23. The highest BCUT2D eigenvalue weighted by Gasteiger charge is 2.20. The molecule has 0 aromatic carbocycles. The summed E-state index contributed by atoms with van der Waals surface area (Å²) in [4.78, 5) is 0. The van der Waals surface area contributed by atoms with E-state index in [0.29, 0.717) is 5.92 Å². The van der Waals surface area contributed by atoms with Crippen LogP contribution in [0.3, 0.4) is 0 Å². The second kappa shape index (κ2) is 3.54.